The average Bonchev–Trinajstić information content (AvgIpc) is 3.05. The Hall–Kier alpha value is -1.14. The molecule has 1 fully saturated rings. The summed E-state index contributed by atoms with van der Waals surface area (Å²) in [5.74, 6) is -0.00908. The fourth-order valence-corrected chi connectivity index (χ4v) is 4.87. The van der Waals surface area contributed by atoms with Crippen molar-refractivity contribution in [1.82, 2.24) is 4.90 Å². The molecule has 1 aromatic carbocycles. The molecule has 0 radical (unpaired) electrons. The van der Waals surface area contributed by atoms with Crippen LogP contribution in [0, 0.1) is 0 Å². The summed E-state index contributed by atoms with van der Waals surface area (Å²) < 4.78 is 0.627. The summed E-state index contributed by atoms with van der Waals surface area (Å²) in [6.45, 7) is 2.53. The maximum absolute atomic E-state index is 12.2. The molecule has 2 nitrogen and oxygen atoms in total. The van der Waals surface area contributed by atoms with Crippen molar-refractivity contribution in [3.05, 3.63) is 51.2 Å². The van der Waals surface area contributed by atoms with Gasteiger partial charge in [-0.05, 0) is 31.2 Å². The molecule has 22 heavy (non-hydrogen) atoms. The van der Waals surface area contributed by atoms with E-state index in [2.05, 4.69) is 0 Å². The summed E-state index contributed by atoms with van der Waals surface area (Å²) in [7, 11) is 0. The minimum Gasteiger partial charge on any atom is -0.293 e. The van der Waals surface area contributed by atoms with Crippen LogP contribution < -0.4 is 0 Å². The van der Waals surface area contributed by atoms with Crippen LogP contribution in [0.25, 0.3) is 16.5 Å². The molecule has 2 heterocycles. The summed E-state index contributed by atoms with van der Waals surface area (Å²) >= 11 is 14.4. The number of carbonyl (C=O) groups is 1. The van der Waals surface area contributed by atoms with Crippen LogP contribution in [-0.4, -0.2) is 21.7 Å². The van der Waals surface area contributed by atoms with Crippen molar-refractivity contribution < 1.29 is 4.79 Å². The topological polar surface area (TPSA) is 20.3 Å². The van der Waals surface area contributed by atoms with Gasteiger partial charge >= 0.3 is 0 Å². The fourth-order valence-electron chi connectivity index (χ4n) is 2.14. The Morgan fingerprint density at radius 1 is 1.27 bits per heavy atom. The van der Waals surface area contributed by atoms with Gasteiger partial charge in [0.1, 0.15) is 4.32 Å². The van der Waals surface area contributed by atoms with Crippen LogP contribution in [0.1, 0.15) is 11.8 Å². The fraction of sp³-hybridized carbons (Fsp3) is 0.125. The Balaban J connectivity index is 1.90. The van der Waals surface area contributed by atoms with Crippen LogP contribution in [-0.2, 0) is 4.79 Å². The van der Waals surface area contributed by atoms with Crippen LogP contribution in [0.2, 0.25) is 5.02 Å². The normalized spacial score (nSPS) is 16.8. The zero-order chi connectivity index (χ0) is 15.7. The van der Waals surface area contributed by atoms with Crippen molar-refractivity contribution in [2.24, 2.45) is 0 Å². The first-order valence-electron chi connectivity index (χ1n) is 6.70. The molecule has 1 aromatic heterocycles. The van der Waals surface area contributed by atoms with Crippen LogP contribution in [0.4, 0.5) is 0 Å². The van der Waals surface area contributed by atoms with Gasteiger partial charge in [0.25, 0.3) is 5.91 Å². The first-order chi connectivity index (χ1) is 10.6. The third-order valence-corrected chi connectivity index (χ3v) is 6.00. The van der Waals surface area contributed by atoms with Gasteiger partial charge in [0.15, 0.2) is 0 Å². The minimum atomic E-state index is -0.00908. The lowest BCUT2D eigenvalue weighted by atomic mass is 10.2. The van der Waals surface area contributed by atoms with E-state index >= 15 is 0 Å². The van der Waals surface area contributed by atoms with Crippen molar-refractivity contribution in [2.75, 3.05) is 6.54 Å². The second kappa shape index (κ2) is 6.54. The minimum absolute atomic E-state index is 0.00908. The summed E-state index contributed by atoms with van der Waals surface area (Å²) in [5, 5.41) is 0.730. The van der Waals surface area contributed by atoms with Crippen LogP contribution in [0.15, 0.2) is 41.3 Å². The molecular weight excluding hydrogens is 354 g/mol. The Morgan fingerprint density at radius 2 is 2.05 bits per heavy atom. The zero-order valence-electron chi connectivity index (χ0n) is 11.7. The molecule has 3 rings (SSSR count). The number of thioether (sulfide) groups is 1. The van der Waals surface area contributed by atoms with Crippen LogP contribution >= 0.6 is 46.9 Å². The molecule has 0 unspecified atom stereocenters. The third kappa shape index (κ3) is 2.99. The molecule has 0 atom stereocenters. The number of halogens is 1. The quantitative estimate of drug-likeness (QED) is 0.544. The zero-order valence-corrected chi connectivity index (χ0v) is 14.9. The van der Waals surface area contributed by atoms with Gasteiger partial charge in [0.05, 0.1) is 4.91 Å². The maximum atomic E-state index is 12.2. The predicted molar refractivity (Wildman–Crippen MR) is 100 cm³/mol. The summed E-state index contributed by atoms with van der Waals surface area (Å²) in [4.78, 5) is 16.6. The molecule has 0 aliphatic carbocycles. The van der Waals surface area contributed by atoms with Crippen LogP contribution in [0.3, 0.4) is 0 Å². The van der Waals surface area contributed by atoms with Gasteiger partial charge < -0.3 is 0 Å². The molecule has 1 aliphatic heterocycles. The molecule has 0 N–H and O–H groups in total. The summed E-state index contributed by atoms with van der Waals surface area (Å²) in [5.41, 5.74) is 1.01. The van der Waals surface area contributed by atoms with Gasteiger partial charge in [0.2, 0.25) is 0 Å². The number of amides is 1. The smallest absolute Gasteiger partial charge is 0.266 e. The van der Waals surface area contributed by atoms with Crippen molar-refractivity contribution in [2.45, 2.75) is 6.92 Å². The highest BCUT2D eigenvalue weighted by Gasteiger charge is 2.30. The molecule has 6 heteroatoms. The largest absolute Gasteiger partial charge is 0.293 e. The van der Waals surface area contributed by atoms with Gasteiger partial charge in [-0.1, -0.05) is 53.8 Å². The lowest BCUT2D eigenvalue weighted by molar-refractivity contribution is -0.121. The molecule has 0 spiro atoms. The number of thiocarbonyl (C=S) groups is 1. The van der Waals surface area contributed by atoms with Gasteiger partial charge in [-0.25, -0.2) is 0 Å². The summed E-state index contributed by atoms with van der Waals surface area (Å²) in [6, 6.07) is 11.8. The number of carbonyl (C=O) groups excluding carboxylic acids is 1. The van der Waals surface area contributed by atoms with E-state index < -0.39 is 0 Å². The van der Waals surface area contributed by atoms with Crippen molar-refractivity contribution >= 4 is 63.2 Å². The van der Waals surface area contributed by atoms with E-state index in [-0.39, 0.29) is 5.91 Å². The highest BCUT2D eigenvalue weighted by atomic mass is 35.5. The predicted octanol–water partition coefficient (Wildman–Crippen LogP) is 5.29. The third-order valence-electron chi connectivity index (χ3n) is 3.23. The Bertz CT molecular complexity index is 781. The number of hydrogen-bond donors (Lipinski definition) is 0. The Kier molecular flexibility index (Phi) is 4.68. The van der Waals surface area contributed by atoms with Gasteiger partial charge in [-0.15, -0.1) is 11.3 Å². The number of rotatable bonds is 3. The number of likely N-dealkylation sites (N-methyl/N-ethyl adjacent to an activating group) is 1. The van der Waals surface area contributed by atoms with Crippen molar-refractivity contribution in [3.63, 3.8) is 0 Å². The Labute approximate surface area is 147 Å². The van der Waals surface area contributed by atoms with E-state index in [1.54, 1.807) is 16.2 Å². The SMILES string of the molecule is CCN1C(=O)/C(=C\c2ccc(-c3ccccc3Cl)s2)SC1=S. The molecule has 1 aliphatic rings. The van der Waals surface area contributed by atoms with Gasteiger partial charge in [-0.2, -0.15) is 0 Å². The maximum Gasteiger partial charge on any atom is 0.266 e. The second-order valence-corrected chi connectivity index (χ2v) is 7.81. The highest BCUT2D eigenvalue weighted by molar-refractivity contribution is 8.26. The average molecular weight is 366 g/mol. The first-order valence-corrected chi connectivity index (χ1v) is 9.12. The van der Waals surface area contributed by atoms with E-state index in [0.29, 0.717) is 15.8 Å². The molecule has 1 amide bonds. The van der Waals surface area contributed by atoms with E-state index in [1.165, 1.54) is 11.8 Å². The standard InChI is InChI=1S/C16H12ClNOS3/c1-2-18-15(19)14(22-16(18)20)9-10-7-8-13(21-10)11-5-3-4-6-12(11)17/h3-9H,2H2,1H3/b14-9+. The van der Waals surface area contributed by atoms with Gasteiger partial charge in [0, 0.05) is 26.9 Å². The Morgan fingerprint density at radius 3 is 2.73 bits per heavy atom. The van der Waals surface area contributed by atoms with Crippen molar-refractivity contribution in [1.29, 1.82) is 0 Å². The second-order valence-electron chi connectivity index (χ2n) is 4.61. The molecule has 1 saturated heterocycles. The highest BCUT2D eigenvalue weighted by Crippen LogP contribution is 2.37. The number of nitrogens with zero attached hydrogens (tertiary/aromatic N) is 1. The first kappa shape index (κ1) is 15.7. The lowest BCUT2D eigenvalue weighted by Gasteiger charge is -2.09. The van der Waals surface area contributed by atoms with Crippen molar-refractivity contribution in [3.8, 4) is 10.4 Å². The van der Waals surface area contributed by atoms with E-state index in [9.17, 15) is 4.79 Å². The molecule has 112 valence electrons. The molecule has 0 saturated carbocycles. The van der Waals surface area contributed by atoms with E-state index in [1.807, 2.05) is 49.4 Å². The monoisotopic (exact) mass is 365 g/mol. The van der Waals surface area contributed by atoms with E-state index in [0.717, 1.165) is 20.3 Å². The number of benzene rings is 1. The molecule has 2 aromatic rings. The van der Waals surface area contributed by atoms with Gasteiger partial charge in [-0.3, -0.25) is 9.69 Å². The summed E-state index contributed by atoms with van der Waals surface area (Å²) in [6.07, 6.45) is 1.90. The van der Waals surface area contributed by atoms with E-state index in [4.69, 9.17) is 23.8 Å². The van der Waals surface area contributed by atoms with Crippen LogP contribution in [0.5, 0.6) is 0 Å². The molecular formula is C16H12ClNOS3. The lowest BCUT2D eigenvalue weighted by Crippen LogP contribution is -2.27. The molecule has 0 bridgehead atoms. The number of hydrogen-bond acceptors (Lipinski definition) is 4. The number of thiophene rings is 1.